The van der Waals surface area contributed by atoms with Gasteiger partial charge in [0.05, 0.1) is 59.6 Å². The monoisotopic (exact) mass is 963 g/mol. The molecule has 17 heteroatoms. The van der Waals surface area contributed by atoms with E-state index in [9.17, 15) is 49.8 Å². The minimum absolute atomic E-state index is 0.0348. The van der Waals surface area contributed by atoms with Crippen molar-refractivity contribution >= 4 is 46.2 Å². The first-order valence-electron chi connectivity index (χ1n) is 22.8. The van der Waals surface area contributed by atoms with Gasteiger partial charge in [-0.1, -0.05) is 107 Å². The summed E-state index contributed by atoms with van der Waals surface area (Å²) in [4.78, 5) is 55.4. The lowest BCUT2D eigenvalue weighted by Crippen LogP contribution is -2.46. The maximum atomic E-state index is 14.6. The number of ether oxygens (including phenoxy) is 4. The van der Waals surface area contributed by atoms with Crippen LogP contribution in [0.3, 0.4) is 0 Å². The number of hydrogen-bond acceptors (Lipinski definition) is 15. The zero-order valence-corrected chi connectivity index (χ0v) is 40.5. The van der Waals surface area contributed by atoms with Gasteiger partial charge < -0.3 is 54.9 Å². The van der Waals surface area contributed by atoms with Crippen LogP contribution in [0.5, 0.6) is 23.0 Å². The van der Waals surface area contributed by atoms with Crippen molar-refractivity contribution in [3.63, 3.8) is 0 Å². The zero-order chi connectivity index (χ0) is 51.4. The van der Waals surface area contributed by atoms with E-state index in [4.69, 9.17) is 18.9 Å². The molecule has 4 aromatic rings. The van der Waals surface area contributed by atoms with Crippen molar-refractivity contribution in [3.8, 4) is 23.0 Å². The highest BCUT2D eigenvalue weighted by molar-refractivity contribution is 6.24. The minimum Gasteiger partial charge on any atom is -0.507 e. The molecule has 0 aliphatic carbocycles. The van der Waals surface area contributed by atoms with Crippen LogP contribution in [0.25, 0.3) is 10.8 Å². The van der Waals surface area contributed by atoms with Crippen molar-refractivity contribution in [2.24, 2.45) is 28.8 Å². The number of anilines is 1. The summed E-state index contributed by atoms with van der Waals surface area (Å²) in [6.07, 6.45) is 4.00. The molecule has 4 aromatic carbocycles. The number of Topliss-reactive ketones (excluding diaryl/α,β-unsaturated/α-hetero) is 1. The predicted octanol–water partition coefficient (Wildman–Crippen LogP) is 6.18. The molecule has 3 heterocycles. The molecule has 5 bridgehead atoms. The molecule has 8 N–H and O–H groups in total. The summed E-state index contributed by atoms with van der Waals surface area (Å²) in [5.41, 5.74) is 0.439. The van der Waals surface area contributed by atoms with Gasteiger partial charge in [0.25, 0.3) is 17.6 Å². The van der Waals surface area contributed by atoms with Crippen LogP contribution < -0.4 is 15.5 Å². The van der Waals surface area contributed by atoms with Crippen molar-refractivity contribution in [2.75, 3.05) is 19.0 Å². The molecule has 0 spiro atoms. The maximum absolute atomic E-state index is 14.6. The summed E-state index contributed by atoms with van der Waals surface area (Å²) < 4.78 is 23.6. The van der Waals surface area contributed by atoms with Crippen molar-refractivity contribution in [2.45, 2.75) is 91.0 Å². The number of aliphatic hydroxyl groups excluding tert-OH is 3. The second-order valence-corrected chi connectivity index (χ2v) is 18.1. The van der Waals surface area contributed by atoms with E-state index in [0.29, 0.717) is 11.1 Å². The van der Waals surface area contributed by atoms with E-state index in [1.165, 1.54) is 53.0 Å². The van der Waals surface area contributed by atoms with Crippen LogP contribution in [0.4, 0.5) is 5.69 Å². The van der Waals surface area contributed by atoms with E-state index in [2.05, 4.69) is 15.8 Å². The molecule has 0 saturated heterocycles. The van der Waals surface area contributed by atoms with Crippen LogP contribution in [0.1, 0.15) is 81.1 Å². The van der Waals surface area contributed by atoms with Gasteiger partial charge in [-0.3, -0.25) is 19.2 Å². The molecule has 0 saturated carbocycles. The predicted molar refractivity (Wildman–Crippen MR) is 260 cm³/mol. The maximum Gasteiger partial charge on any atom is 0.312 e. The normalized spacial score (nSPS) is 27.3. The number of phenolic OH excluding ortho intramolecular Hbond substituents is 3. The Morgan fingerprint density at radius 2 is 1.49 bits per heavy atom. The van der Waals surface area contributed by atoms with Gasteiger partial charge >= 0.3 is 11.8 Å². The molecule has 0 radical (unpaired) electrons. The molecule has 7 rings (SSSR count). The summed E-state index contributed by atoms with van der Waals surface area (Å²) in [5, 5.41) is 76.0. The number of benzene rings is 4. The average Bonchev–Trinajstić information content (AvgIpc) is 3.61. The molecule has 17 nitrogen and oxygen atoms in total. The van der Waals surface area contributed by atoms with Crippen molar-refractivity contribution in [1.82, 2.24) is 5.43 Å². The first kappa shape index (κ1) is 52.3. The number of nitrogens with one attached hydrogen (secondary N) is 2. The van der Waals surface area contributed by atoms with Gasteiger partial charge in [0.1, 0.15) is 28.8 Å². The lowest BCUT2D eigenvalue weighted by atomic mass is 9.74. The minimum atomic E-state index is -2.16. The number of fused-ring (bicyclic) bond motifs is 14. The van der Waals surface area contributed by atoms with Crippen LogP contribution in [0.15, 0.2) is 102 Å². The number of amides is 2. The topological polar surface area (TPSA) is 263 Å². The van der Waals surface area contributed by atoms with Gasteiger partial charge in [-0.15, -0.1) is 0 Å². The number of carbonyl (C=O) groups is 4. The SMILES string of the molecule is CO[C@H]1/C=C/O[C@@]2(C)Oc3c(C)c(O)c4c(O)c(c(C=NNC(=O)C(CO)(c5ccccc5)c5ccccc5)c(O)c4c3C2=O)NC(=O)/C(C)=C\C=C\[C@H](C)[C@@H](O)[C@@H](C)[C@H](O)[C@@H](C)[C@H](OC(C)=O)[C@H]1C. The lowest BCUT2D eigenvalue weighted by molar-refractivity contribution is -0.160. The Labute approximate surface area is 405 Å². The van der Waals surface area contributed by atoms with E-state index in [1.54, 1.807) is 94.4 Å². The molecule has 372 valence electrons. The van der Waals surface area contributed by atoms with Gasteiger partial charge in [0, 0.05) is 61.2 Å². The Morgan fingerprint density at radius 3 is 2.06 bits per heavy atom. The Bertz CT molecular complexity index is 2710. The van der Waals surface area contributed by atoms with Crippen LogP contribution in [-0.4, -0.2) is 104 Å². The first-order chi connectivity index (χ1) is 33.2. The number of rotatable bonds is 8. The molecular formula is C53H61N3O14. The van der Waals surface area contributed by atoms with Crippen molar-refractivity contribution in [1.29, 1.82) is 0 Å². The van der Waals surface area contributed by atoms with Gasteiger partial charge in [0.15, 0.2) is 5.75 Å². The summed E-state index contributed by atoms with van der Waals surface area (Å²) >= 11 is 0. The van der Waals surface area contributed by atoms with E-state index in [1.807, 2.05) is 0 Å². The van der Waals surface area contributed by atoms with Crippen LogP contribution in [0.2, 0.25) is 0 Å². The van der Waals surface area contributed by atoms with Crippen LogP contribution >= 0.6 is 0 Å². The molecule has 0 unspecified atom stereocenters. The van der Waals surface area contributed by atoms with E-state index >= 15 is 0 Å². The van der Waals surface area contributed by atoms with Crippen molar-refractivity contribution in [3.05, 3.63) is 125 Å². The molecule has 0 aromatic heterocycles. The standard InChI is InChI=1S/C53H61N3O14/c1-27-17-16-18-28(2)50(65)55-41-36(25-54-56-51(66)53(26-57,34-19-12-10-13-20-34)35-21-14-11-15-22-35)45(62)38-39(46(41)63)44(61)32(6)48-40(38)49(64)52(8,70-48)68-24-23-37(67-9)29(3)47(69-33(7)58)31(5)43(60)30(4)42(27)59/h10-25,27,29-31,37,42-43,47,57,59-63H,26H2,1-9H3,(H,55,65)(H,56,66)/b17-16+,24-23+,28-18-,54-25?/t27-,29-,30+,31+,37-,42+,43-,47+,52-/m0/s1. The summed E-state index contributed by atoms with van der Waals surface area (Å²) in [6.45, 7) is 11.5. The number of hydrogen-bond donors (Lipinski definition) is 8. The van der Waals surface area contributed by atoms with Gasteiger partial charge in [0.2, 0.25) is 0 Å². The van der Waals surface area contributed by atoms with Crippen molar-refractivity contribution < 1.29 is 68.8 Å². The average molecular weight is 964 g/mol. The third kappa shape index (κ3) is 9.74. The summed E-state index contributed by atoms with van der Waals surface area (Å²) in [6, 6.07) is 17.0. The molecule has 70 heavy (non-hydrogen) atoms. The largest absolute Gasteiger partial charge is 0.507 e. The number of nitrogens with zero attached hydrogens (tertiary/aromatic N) is 1. The number of esters is 1. The highest BCUT2D eigenvalue weighted by Crippen LogP contribution is 2.55. The Kier molecular flexibility index (Phi) is 15.9. The number of phenols is 3. The number of hydrazone groups is 1. The number of carbonyl (C=O) groups excluding carboxylic acids is 4. The quantitative estimate of drug-likeness (QED) is 0.0322. The fraction of sp³-hybridized carbons (Fsp3) is 0.377. The van der Waals surface area contributed by atoms with Gasteiger partial charge in [-0.25, -0.2) is 5.43 Å². The number of aromatic hydroxyl groups is 3. The third-order valence-electron chi connectivity index (χ3n) is 13.6. The molecule has 0 fully saturated rings. The van der Waals surface area contributed by atoms with Crippen LogP contribution in [0, 0.1) is 30.6 Å². The van der Waals surface area contributed by atoms with E-state index in [-0.39, 0.29) is 22.4 Å². The highest BCUT2D eigenvalue weighted by atomic mass is 16.7. The van der Waals surface area contributed by atoms with E-state index < -0.39 is 129 Å². The lowest BCUT2D eigenvalue weighted by Gasteiger charge is -2.38. The smallest absolute Gasteiger partial charge is 0.312 e. The van der Waals surface area contributed by atoms with Gasteiger partial charge in [-0.2, -0.15) is 5.10 Å². The Hall–Kier alpha value is -7.05. The molecule has 3 aliphatic rings. The number of aliphatic hydroxyl groups is 3. The zero-order valence-electron chi connectivity index (χ0n) is 40.5. The molecular weight excluding hydrogens is 903 g/mol. The van der Waals surface area contributed by atoms with Crippen LogP contribution in [-0.2, 0) is 34.0 Å². The Morgan fingerprint density at radius 1 is 0.871 bits per heavy atom. The summed E-state index contributed by atoms with van der Waals surface area (Å²) in [5.74, 6) is -10.3. The fourth-order valence-electron chi connectivity index (χ4n) is 9.25. The number of methoxy groups -OCH3 is 1. The first-order valence-corrected chi connectivity index (χ1v) is 22.8. The highest BCUT2D eigenvalue weighted by Gasteiger charge is 2.50. The fourth-order valence-corrected chi connectivity index (χ4v) is 9.25. The van der Waals surface area contributed by atoms with Gasteiger partial charge in [-0.05, 0) is 31.1 Å². The van der Waals surface area contributed by atoms with E-state index in [0.717, 1.165) is 12.5 Å². The third-order valence-corrected chi connectivity index (χ3v) is 13.6. The second-order valence-electron chi connectivity index (χ2n) is 18.1. The Balaban J connectivity index is 1.53. The number of allylic oxidation sites excluding steroid dienone is 2. The molecule has 3 aliphatic heterocycles. The summed E-state index contributed by atoms with van der Waals surface area (Å²) in [7, 11) is 1.41. The second kappa shape index (κ2) is 21.3. The number of ketones is 1. The molecule has 2 amide bonds. The molecule has 9 atom stereocenters.